The van der Waals surface area contributed by atoms with Crippen molar-refractivity contribution in [1.29, 1.82) is 0 Å². The van der Waals surface area contributed by atoms with Crippen molar-refractivity contribution in [2.45, 2.75) is 323 Å². The first-order valence-corrected chi connectivity index (χ1v) is 26.8. The molecular formula is C54H107O6Zn-. The number of carboxylic acids is 3. The summed E-state index contributed by atoms with van der Waals surface area (Å²) in [5, 5.41) is 25.6. The van der Waals surface area contributed by atoms with Crippen LogP contribution in [0.25, 0.3) is 0 Å². The number of aliphatic carboxylic acids is 3. The predicted octanol–water partition coefficient (Wildman–Crippen LogP) is 18.8. The Morgan fingerprint density at radius 3 is 0.623 bits per heavy atom. The van der Waals surface area contributed by atoms with E-state index in [4.69, 9.17) is 15.3 Å². The number of carbonyl (C=O) groups is 3. The van der Waals surface area contributed by atoms with Crippen LogP contribution in [0.15, 0.2) is 0 Å². The van der Waals surface area contributed by atoms with Crippen LogP contribution in [0.4, 0.5) is 0 Å². The van der Waals surface area contributed by atoms with Gasteiger partial charge in [-0.3, -0.25) is 14.4 Å². The van der Waals surface area contributed by atoms with Gasteiger partial charge in [-0.2, -0.15) is 12.8 Å². The Kier molecular flexibility index (Phi) is 69.2. The van der Waals surface area contributed by atoms with E-state index in [-0.39, 0.29) is 19.5 Å². The zero-order chi connectivity index (χ0) is 44.7. The molecule has 0 aliphatic carbocycles. The predicted molar refractivity (Wildman–Crippen MR) is 261 cm³/mol. The first kappa shape index (κ1) is 66.6. The fourth-order valence-corrected chi connectivity index (χ4v) is 7.80. The van der Waals surface area contributed by atoms with Crippen LogP contribution in [0, 0.1) is 6.42 Å². The van der Waals surface area contributed by atoms with Crippen molar-refractivity contribution in [3.63, 3.8) is 0 Å². The minimum Gasteiger partial charge on any atom is -0.481 e. The molecule has 0 aliphatic rings. The Hall–Kier alpha value is -0.967. The molecule has 7 heteroatoms. The van der Waals surface area contributed by atoms with Crippen molar-refractivity contribution in [2.24, 2.45) is 0 Å². The van der Waals surface area contributed by atoms with Crippen LogP contribution in [0.5, 0.6) is 0 Å². The van der Waals surface area contributed by atoms with E-state index >= 15 is 0 Å². The van der Waals surface area contributed by atoms with E-state index in [2.05, 4.69) is 27.2 Å². The van der Waals surface area contributed by atoms with Gasteiger partial charge in [0.05, 0.1) is 0 Å². The molecule has 0 radical (unpaired) electrons. The van der Waals surface area contributed by atoms with E-state index in [1.807, 2.05) is 0 Å². The van der Waals surface area contributed by atoms with Gasteiger partial charge in [-0.15, -0.1) is 0 Å². The Morgan fingerprint density at radius 1 is 0.262 bits per heavy atom. The Morgan fingerprint density at radius 2 is 0.443 bits per heavy atom. The zero-order valence-corrected chi connectivity index (χ0v) is 44.6. The van der Waals surface area contributed by atoms with E-state index < -0.39 is 17.9 Å². The van der Waals surface area contributed by atoms with E-state index in [1.54, 1.807) is 0 Å². The monoisotopic (exact) mass is 916 g/mol. The summed E-state index contributed by atoms with van der Waals surface area (Å²) in [4.78, 5) is 31.0. The molecule has 0 bridgehead atoms. The van der Waals surface area contributed by atoms with Gasteiger partial charge in [-0.05, 0) is 19.3 Å². The molecule has 0 rings (SSSR count). The second-order valence-electron chi connectivity index (χ2n) is 18.1. The summed E-state index contributed by atoms with van der Waals surface area (Å²) in [5.41, 5.74) is 0. The molecule has 0 spiro atoms. The van der Waals surface area contributed by atoms with Gasteiger partial charge in [0.2, 0.25) is 0 Å². The summed E-state index contributed by atoms with van der Waals surface area (Å²) >= 11 is 0. The first-order valence-electron chi connectivity index (χ1n) is 26.8. The summed E-state index contributed by atoms with van der Waals surface area (Å²) < 4.78 is 0. The summed E-state index contributed by atoms with van der Waals surface area (Å²) in [6.07, 6.45) is 61.1. The van der Waals surface area contributed by atoms with Crippen LogP contribution >= 0.6 is 0 Å². The summed E-state index contributed by atoms with van der Waals surface area (Å²) in [6.45, 7) is 6.78. The maximum Gasteiger partial charge on any atom is 0.303 e. The molecule has 0 atom stereocenters. The molecule has 0 aromatic carbocycles. The number of unbranched alkanes of at least 4 members (excludes halogenated alkanes) is 42. The molecule has 0 saturated carbocycles. The van der Waals surface area contributed by atoms with Gasteiger partial charge in [0.25, 0.3) is 0 Å². The topological polar surface area (TPSA) is 112 Å². The molecule has 61 heavy (non-hydrogen) atoms. The molecule has 0 amide bonds. The third kappa shape index (κ3) is 76.7. The normalized spacial score (nSPS) is 10.7. The van der Waals surface area contributed by atoms with Crippen LogP contribution in [-0.2, 0) is 33.9 Å². The van der Waals surface area contributed by atoms with Crippen LogP contribution < -0.4 is 0 Å². The molecule has 0 heterocycles. The largest absolute Gasteiger partial charge is 0.481 e. The van der Waals surface area contributed by atoms with Gasteiger partial charge in [0.15, 0.2) is 0 Å². The average Bonchev–Trinajstić information content (AvgIpc) is 3.22. The summed E-state index contributed by atoms with van der Waals surface area (Å²) in [7, 11) is 0. The van der Waals surface area contributed by atoms with Crippen LogP contribution in [0.3, 0.4) is 0 Å². The second kappa shape index (κ2) is 63.3. The zero-order valence-electron chi connectivity index (χ0n) is 41.6. The molecule has 6 nitrogen and oxygen atoms in total. The van der Waals surface area contributed by atoms with E-state index in [9.17, 15) is 14.4 Å². The Balaban J connectivity index is -0.000000396. The molecular weight excluding hydrogens is 810 g/mol. The molecule has 0 saturated heterocycles. The quantitative estimate of drug-likeness (QED) is 0.0318. The molecule has 0 aromatic rings. The van der Waals surface area contributed by atoms with Gasteiger partial charge in [0, 0.05) is 38.7 Å². The van der Waals surface area contributed by atoms with Crippen molar-refractivity contribution in [3.8, 4) is 0 Å². The number of hydrogen-bond acceptors (Lipinski definition) is 3. The van der Waals surface area contributed by atoms with E-state index in [1.165, 1.54) is 244 Å². The maximum absolute atomic E-state index is 10.3. The Labute approximate surface area is 394 Å². The number of rotatable bonds is 48. The van der Waals surface area contributed by atoms with Gasteiger partial charge < -0.3 is 21.7 Å². The second-order valence-corrected chi connectivity index (χ2v) is 18.1. The van der Waals surface area contributed by atoms with Gasteiger partial charge in [0.1, 0.15) is 0 Å². The average molecular weight is 918 g/mol. The summed E-state index contributed by atoms with van der Waals surface area (Å²) in [5.74, 6) is -1.96. The standard InChI is InChI=1S/2C18H36O2.C18H35O2.Zn/c3*1-2-3-4-5-6-7-8-9-10-11-12-13-14-15-16-17-18(19)20;/h2*2-17H2,1H3,(H,19,20);4H,2-3,5-17H2,1H3,(H,19,20);/q;;-1;. The fraction of sp³-hybridized carbons (Fsp3) is 0.926. The molecule has 0 aromatic heterocycles. The molecule has 0 aliphatic heterocycles. The smallest absolute Gasteiger partial charge is 0.303 e. The van der Waals surface area contributed by atoms with Crippen LogP contribution in [0.1, 0.15) is 323 Å². The summed E-state index contributed by atoms with van der Waals surface area (Å²) in [6, 6.07) is 0. The van der Waals surface area contributed by atoms with Crippen molar-refractivity contribution >= 4 is 17.9 Å². The third-order valence-corrected chi connectivity index (χ3v) is 11.8. The van der Waals surface area contributed by atoms with E-state index in [0.717, 1.165) is 38.5 Å². The van der Waals surface area contributed by atoms with E-state index in [0.29, 0.717) is 19.3 Å². The van der Waals surface area contributed by atoms with Crippen molar-refractivity contribution < 1.29 is 49.2 Å². The number of carboxylic acid groups (broad SMARTS) is 3. The van der Waals surface area contributed by atoms with Crippen LogP contribution in [-0.4, -0.2) is 33.2 Å². The van der Waals surface area contributed by atoms with Gasteiger partial charge >= 0.3 is 17.9 Å². The first-order chi connectivity index (χ1) is 29.3. The molecule has 0 fully saturated rings. The molecule has 0 unspecified atom stereocenters. The maximum atomic E-state index is 10.3. The fourth-order valence-electron chi connectivity index (χ4n) is 7.80. The molecule has 3 N–H and O–H groups in total. The van der Waals surface area contributed by atoms with Crippen molar-refractivity contribution in [3.05, 3.63) is 6.42 Å². The van der Waals surface area contributed by atoms with Crippen LogP contribution in [0.2, 0.25) is 0 Å². The van der Waals surface area contributed by atoms with Gasteiger partial charge in [-0.1, -0.05) is 271 Å². The third-order valence-electron chi connectivity index (χ3n) is 11.8. The minimum atomic E-state index is -0.655. The van der Waals surface area contributed by atoms with Gasteiger partial charge in [-0.25, -0.2) is 0 Å². The van der Waals surface area contributed by atoms with Crippen molar-refractivity contribution in [1.82, 2.24) is 0 Å². The molecule has 362 valence electrons. The van der Waals surface area contributed by atoms with Crippen molar-refractivity contribution in [2.75, 3.05) is 0 Å². The minimum absolute atomic E-state index is 0. The SMILES string of the molecule is CCCCCCCCCCCCCCCCCC(=O)O.CCCCCCCCCCCCCCCCCC(=O)O.CCC[CH-]CCCCCCCCCCCCCC(=O)O.[Zn]. The number of hydrogen-bond donors (Lipinski definition) is 3. The Bertz CT molecular complexity index is 717.